The Labute approximate surface area is 156 Å². The molecule has 0 radical (unpaired) electrons. The van der Waals surface area contributed by atoms with Crippen LogP contribution in [0.1, 0.15) is 38.5 Å². The molecule has 1 aliphatic carbocycles. The van der Waals surface area contributed by atoms with E-state index in [0.717, 1.165) is 12.8 Å². The lowest BCUT2D eigenvalue weighted by atomic mass is 9.88. The summed E-state index contributed by atoms with van der Waals surface area (Å²) >= 11 is 0. The monoisotopic (exact) mass is 361 g/mol. The minimum atomic E-state index is -0.305. The molecule has 2 amide bonds. The van der Waals surface area contributed by atoms with Crippen LogP contribution < -0.4 is 15.4 Å². The van der Waals surface area contributed by atoms with E-state index in [9.17, 15) is 9.59 Å². The summed E-state index contributed by atoms with van der Waals surface area (Å²) in [6.45, 7) is 0.495. The zero-order valence-electron chi connectivity index (χ0n) is 15.9. The first kappa shape index (κ1) is 20.2. The molecule has 6 nitrogen and oxygen atoms in total. The van der Waals surface area contributed by atoms with Gasteiger partial charge in [-0.15, -0.1) is 0 Å². The minimum Gasteiger partial charge on any atom is -0.484 e. The van der Waals surface area contributed by atoms with Crippen LogP contribution in [0.15, 0.2) is 30.3 Å². The predicted octanol–water partition coefficient (Wildman–Crippen LogP) is 1.95. The summed E-state index contributed by atoms with van der Waals surface area (Å²) in [5.41, 5.74) is 0.0204. The van der Waals surface area contributed by atoms with E-state index in [2.05, 4.69) is 29.6 Å². The molecular formula is C20H31N3O3. The summed E-state index contributed by atoms with van der Waals surface area (Å²) in [4.78, 5) is 26.2. The molecule has 0 unspecified atom stereocenters. The topological polar surface area (TPSA) is 70.7 Å². The summed E-state index contributed by atoms with van der Waals surface area (Å²) in [6.07, 6.45) is 7.11. The van der Waals surface area contributed by atoms with Crippen LogP contribution in [0.2, 0.25) is 0 Å². The van der Waals surface area contributed by atoms with Gasteiger partial charge in [0.05, 0.1) is 6.54 Å². The number of likely N-dealkylation sites (N-methyl/N-ethyl adjacent to an activating group) is 1. The van der Waals surface area contributed by atoms with Crippen LogP contribution >= 0.6 is 0 Å². The first-order chi connectivity index (χ1) is 12.5. The second kappa shape index (κ2) is 10.2. The summed E-state index contributed by atoms with van der Waals surface area (Å²) < 4.78 is 5.37. The molecule has 0 aliphatic heterocycles. The van der Waals surface area contributed by atoms with Crippen molar-refractivity contribution in [2.75, 3.05) is 33.8 Å². The number of benzene rings is 1. The van der Waals surface area contributed by atoms with Gasteiger partial charge >= 0.3 is 0 Å². The summed E-state index contributed by atoms with van der Waals surface area (Å²) in [6, 6.07) is 9.14. The molecule has 0 bridgehead atoms. The third-order valence-electron chi connectivity index (χ3n) is 5.16. The van der Waals surface area contributed by atoms with Gasteiger partial charge in [-0.1, -0.05) is 43.9 Å². The molecule has 6 heteroatoms. The van der Waals surface area contributed by atoms with E-state index in [4.69, 9.17) is 4.74 Å². The maximum Gasteiger partial charge on any atom is 0.258 e. The number of amides is 2. The Morgan fingerprint density at radius 2 is 1.65 bits per heavy atom. The van der Waals surface area contributed by atoms with Gasteiger partial charge in [0, 0.05) is 12.1 Å². The highest BCUT2D eigenvalue weighted by molar-refractivity contribution is 5.85. The second-order valence-corrected chi connectivity index (χ2v) is 7.19. The molecule has 1 saturated carbocycles. The van der Waals surface area contributed by atoms with Crippen LogP contribution in [0.5, 0.6) is 5.75 Å². The maximum atomic E-state index is 12.1. The molecule has 0 heterocycles. The third kappa shape index (κ3) is 6.33. The highest BCUT2D eigenvalue weighted by Crippen LogP contribution is 2.30. The maximum absolute atomic E-state index is 12.1. The van der Waals surface area contributed by atoms with Crippen molar-refractivity contribution in [2.24, 2.45) is 0 Å². The average Bonchev–Trinajstić information content (AvgIpc) is 2.90. The van der Waals surface area contributed by atoms with Gasteiger partial charge in [-0.05, 0) is 39.1 Å². The Bertz CT molecular complexity index is 567. The van der Waals surface area contributed by atoms with E-state index in [0.29, 0.717) is 12.3 Å². The van der Waals surface area contributed by atoms with E-state index in [-0.39, 0.29) is 30.5 Å². The normalized spacial score (nSPS) is 16.6. The molecule has 0 spiro atoms. The molecule has 1 fully saturated rings. The van der Waals surface area contributed by atoms with Crippen LogP contribution in [0.4, 0.5) is 0 Å². The third-order valence-corrected chi connectivity index (χ3v) is 5.16. The van der Waals surface area contributed by atoms with Gasteiger partial charge in [-0.2, -0.15) is 0 Å². The molecule has 1 aromatic carbocycles. The Balaban J connectivity index is 1.71. The second-order valence-electron chi connectivity index (χ2n) is 7.19. The fourth-order valence-electron chi connectivity index (χ4n) is 3.39. The van der Waals surface area contributed by atoms with Crippen molar-refractivity contribution in [3.05, 3.63) is 30.3 Å². The van der Waals surface area contributed by atoms with Crippen molar-refractivity contribution in [1.29, 1.82) is 0 Å². The standard InChI is InChI=1S/C20H31N3O3/c1-23(2)20(12-8-3-4-9-13-20)16-22-18(24)14-21-19(25)15-26-17-10-6-5-7-11-17/h5-7,10-11H,3-4,8-9,12-16H2,1-2H3,(H,21,25)(H,22,24). The number of hydrogen-bond donors (Lipinski definition) is 2. The quantitative estimate of drug-likeness (QED) is 0.695. The largest absolute Gasteiger partial charge is 0.484 e. The highest BCUT2D eigenvalue weighted by Gasteiger charge is 2.33. The highest BCUT2D eigenvalue weighted by atomic mass is 16.5. The Kier molecular flexibility index (Phi) is 7.91. The SMILES string of the molecule is CN(C)C1(CNC(=O)CNC(=O)COc2ccccc2)CCCCCC1. The van der Waals surface area contributed by atoms with Crippen molar-refractivity contribution in [3.8, 4) is 5.75 Å². The number of para-hydroxylation sites is 1. The molecule has 1 aliphatic rings. The summed E-state index contributed by atoms with van der Waals surface area (Å²) in [5, 5.41) is 5.60. The number of ether oxygens (including phenoxy) is 1. The van der Waals surface area contributed by atoms with Gasteiger partial charge in [-0.3, -0.25) is 9.59 Å². The Morgan fingerprint density at radius 3 is 2.27 bits per heavy atom. The molecule has 0 atom stereocenters. The van der Waals surface area contributed by atoms with Crippen LogP contribution in [0.3, 0.4) is 0 Å². The Hall–Kier alpha value is -2.08. The lowest BCUT2D eigenvalue weighted by Crippen LogP contribution is -2.53. The molecule has 1 aromatic rings. The smallest absolute Gasteiger partial charge is 0.258 e. The van der Waals surface area contributed by atoms with Crippen molar-refractivity contribution >= 4 is 11.8 Å². The number of nitrogens with one attached hydrogen (secondary N) is 2. The molecule has 0 aromatic heterocycles. The van der Waals surface area contributed by atoms with Gasteiger partial charge in [-0.25, -0.2) is 0 Å². The van der Waals surface area contributed by atoms with Crippen LogP contribution in [-0.2, 0) is 9.59 Å². The molecule has 2 N–H and O–H groups in total. The van der Waals surface area contributed by atoms with Crippen molar-refractivity contribution < 1.29 is 14.3 Å². The number of carbonyl (C=O) groups is 2. The Morgan fingerprint density at radius 1 is 1.00 bits per heavy atom. The average molecular weight is 361 g/mol. The van der Waals surface area contributed by atoms with E-state index in [1.807, 2.05) is 18.2 Å². The van der Waals surface area contributed by atoms with Crippen molar-refractivity contribution in [2.45, 2.75) is 44.1 Å². The van der Waals surface area contributed by atoms with E-state index in [1.165, 1.54) is 25.7 Å². The first-order valence-corrected chi connectivity index (χ1v) is 9.40. The van der Waals surface area contributed by atoms with Gasteiger partial charge in [0.1, 0.15) is 5.75 Å². The lowest BCUT2D eigenvalue weighted by molar-refractivity contribution is -0.127. The van der Waals surface area contributed by atoms with E-state index >= 15 is 0 Å². The van der Waals surface area contributed by atoms with E-state index < -0.39 is 0 Å². The zero-order valence-corrected chi connectivity index (χ0v) is 15.9. The van der Waals surface area contributed by atoms with Crippen molar-refractivity contribution in [3.63, 3.8) is 0 Å². The van der Waals surface area contributed by atoms with Crippen LogP contribution in [0.25, 0.3) is 0 Å². The minimum absolute atomic E-state index is 0.0204. The predicted molar refractivity (Wildman–Crippen MR) is 102 cm³/mol. The number of hydrogen-bond acceptors (Lipinski definition) is 4. The van der Waals surface area contributed by atoms with Gasteiger partial charge in [0.25, 0.3) is 5.91 Å². The van der Waals surface area contributed by atoms with E-state index in [1.54, 1.807) is 12.1 Å². The summed E-state index contributed by atoms with van der Waals surface area (Å²) in [5.74, 6) is 0.165. The van der Waals surface area contributed by atoms with Crippen LogP contribution in [-0.4, -0.2) is 56.0 Å². The molecule has 26 heavy (non-hydrogen) atoms. The first-order valence-electron chi connectivity index (χ1n) is 9.40. The van der Waals surface area contributed by atoms with Crippen LogP contribution in [0, 0.1) is 0 Å². The van der Waals surface area contributed by atoms with Gasteiger partial charge < -0.3 is 20.3 Å². The lowest BCUT2D eigenvalue weighted by Gasteiger charge is -2.39. The molecular weight excluding hydrogens is 330 g/mol. The molecule has 2 rings (SSSR count). The molecule has 144 valence electrons. The van der Waals surface area contributed by atoms with Gasteiger partial charge in [0.2, 0.25) is 5.91 Å². The number of nitrogens with zero attached hydrogens (tertiary/aromatic N) is 1. The molecule has 0 saturated heterocycles. The van der Waals surface area contributed by atoms with Crippen molar-refractivity contribution in [1.82, 2.24) is 15.5 Å². The fourth-order valence-corrected chi connectivity index (χ4v) is 3.39. The number of rotatable bonds is 8. The fraction of sp³-hybridized carbons (Fsp3) is 0.600. The zero-order chi connectivity index (χ0) is 18.8. The van der Waals surface area contributed by atoms with Gasteiger partial charge in [0.15, 0.2) is 6.61 Å². The number of carbonyl (C=O) groups excluding carboxylic acids is 2. The summed E-state index contributed by atoms with van der Waals surface area (Å²) in [7, 11) is 4.17.